The Morgan fingerprint density at radius 3 is 2.48 bits per heavy atom. The fourth-order valence-corrected chi connectivity index (χ4v) is 2.80. The minimum Gasteiger partial charge on any atom is -0.493 e. The summed E-state index contributed by atoms with van der Waals surface area (Å²) in [5.41, 5.74) is 4.70. The fourth-order valence-electron chi connectivity index (χ4n) is 2.80. The van der Waals surface area contributed by atoms with Gasteiger partial charge in [0.15, 0.2) is 0 Å². The molecule has 0 radical (unpaired) electrons. The van der Waals surface area contributed by atoms with E-state index >= 15 is 0 Å². The topological polar surface area (TPSA) is 33.0 Å². The second-order valence-corrected chi connectivity index (χ2v) is 6.37. The highest BCUT2D eigenvalue weighted by molar-refractivity contribution is 5.37. The smallest absolute Gasteiger partial charge is 0.122 e. The first-order valence-corrected chi connectivity index (χ1v) is 8.21. The van der Waals surface area contributed by atoms with E-state index in [1.165, 1.54) is 16.7 Å². The molecule has 0 N–H and O–H groups in total. The first-order valence-electron chi connectivity index (χ1n) is 8.21. The lowest BCUT2D eigenvalue weighted by atomic mass is 9.92. The van der Waals surface area contributed by atoms with Crippen LogP contribution in [0.25, 0.3) is 0 Å². The first-order chi connectivity index (χ1) is 11.0. The molecule has 0 aromatic heterocycles. The van der Waals surface area contributed by atoms with E-state index in [4.69, 9.17) is 4.74 Å². The van der Waals surface area contributed by atoms with Crippen molar-refractivity contribution in [2.75, 3.05) is 6.61 Å². The van der Waals surface area contributed by atoms with Gasteiger partial charge in [-0.15, -0.1) is 0 Å². The van der Waals surface area contributed by atoms with Gasteiger partial charge in [0.25, 0.3) is 0 Å². The number of nitrogens with zero attached hydrogens (tertiary/aromatic N) is 1. The van der Waals surface area contributed by atoms with Crippen molar-refractivity contribution in [1.29, 1.82) is 5.26 Å². The highest BCUT2D eigenvalue weighted by Crippen LogP contribution is 2.28. The van der Waals surface area contributed by atoms with E-state index < -0.39 is 0 Å². The molecule has 0 aliphatic carbocycles. The van der Waals surface area contributed by atoms with Crippen LogP contribution in [0.5, 0.6) is 5.75 Å². The van der Waals surface area contributed by atoms with Crippen LogP contribution in [0.3, 0.4) is 0 Å². The maximum absolute atomic E-state index is 9.53. The van der Waals surface area contributed by atoms with Crippen molar-refractivity contribution in [3.63, 3.8) is 0 Å². The third-order valence-electron chi connectivity index (χ3n) is 4.17. The number of aryl methyl sites for hydroxylation is 2. The minimum absolute atomic E-state index is 0.124. The van der Waals surface area contributed by atoms with Crippen LogP contribution in [0.2, 0.25) is 0 Å². The van der Waals surface area contributed by atoms with Crippen molar-refractivity contribution in [1.82, 2.24) is 0 Å². The van der Waals surface area contributed by atoms with E-state index in [0.29, 0.717) is 18.9 Å². The molecule has 0 amide bonds. The Morgan fingerprint density at radius 1 is 1.04 bits per heavy atom. The number of rotatable bonds is 6. The van der Waals surface area contributed by atoms with Gasteiger partial charge in [0.05, 0.1) is 18.6 Å². The third kappa shape index (κ3) is 4.36. The van der Waals surface area contributed by atoms with Crippen molar-refractivity contribution >= 4 is 0 Å². The predicted molar refractivity (Wildman–Crippen MR) is 94.9 cm³/mol. The van der Waals surface area contributed by atoms with Crippen LogP contribution in [0, 0.1) is 25.2 Å². The van der Waals surface area contributed by atoms with E-state index in [1.807, 2.05) is 18.2 Å². The Bertz CT molecular complexity index is 697. The van der Waals surface area contributed by atoms with Crippen LogP contribution >= 0.6 is 0 Å². The number of benzene rings is 2. The Balaban J connectivity index is 2.05. The molecule has 2 heteroatoms. The minimum atomic E-state index is -0.124. The van der Waals surface area contributed by atoms with Gasteiger partial charge in [-0.3, -0.25) is 0 Å². The summed E-state index contributed by atoms with van der Waals surface area (Å²) in [7, 11) is 0. The summed E-state index contributed by atoms with van der Waals surface area (Å²) in [4.78, 5) is 0. The van der Waals surface area contributed by atoms with Gasteiger partial charge >= 0.3 is 0 Å². The van der Waals surface area contributed by atoms with Crippen molar-refractivity contribution in [3.8, 4) is 11.8 Å². The lowest BCUT2D eigenvalue weighted by molar-refractivity contribution is 0.302. The van der Waals surface area contributed by atoms with E-state index in [1.54, 1.807) is 0 Å². The number of ether oxygens (including phenoxy) is 1. The Kier molecular flexibility index (Phi) is 5.82. The lowest BCUT2D eigenvalue weighted by Gasteiger charge is -2.16. The van der Waals surface area contributed by atoms with Crippen LogP contribution in [0.15, 0.2) is 42.5 Å². The molecule has 0 fully saturated rings. The van der Waals surface area contributed by atoms with E-state index in [9.17, 15) is 5.26 Å². The fraction of sp³-hybridized carbons (Fsp3) is 0.381. The molecule has 1 unspecified atom stereocenters. The third-order valence-corrected chi connectivity index (χ3v) is 4.17. The maximum Gasteiger partial charge on any atom is 0.122 e. The number of hydrogen-bond donors (Lipinski definition) is 0. The number of nitriles is 1. The monoisotopic (exact) mass is 307 g/mol. The summed E-state index contributed by atoms with van der Waals surface area (Å²) < 4.78 is 5.97. The predicted octanol–water partition coefficient (Wildman–Crippen LogP) is 5.50. The van der Waals surface area contributed by atoms with Gasteiger partial charge in [-0.1, -0.05) is 55.8 Å². The van der Waals surface area contributed by atoms with Gasteiger partial charge in [-0.25, -0.2) is 0 Å². The largest absolute Gasteiger partial charge is 0.493 e. The molecule has 0 heterocycles. The quantitative estimate of drug-likeness (QED) is 0.705. The summed E-state index contributed by atoms with van der Waals surface area (Å²) in [5.74, 6) is 1.23. The molecule has 0 saturated heterocycles. The molecular weight excluding hydrogens is 282 g/mol. The number of hydrogen-bond acceptors (Lipinski definition) is 2. The van der Waals surface area contributed by atoms with E-state index in [-0.39, 0.29) is 5.92 Å². The standard InChI is InChI=1S/C21H25NO/c1-15(2)19-7-5-6-8-21(19)23-12-11-18(14-22)20-13-16(3)9-10-17(20)4/h5-10,13,15,18H,11-12H2,1-4H3. The summed E-state index contributed by atoms with van der Waals surface area (Å²) in [5, 5.41) is 9.53. The van der Waals surface area contributed by atoms with Crippen molar-refractivity contribution in [2.45, 2.75) is 46.0 Å². The molecule has 2 aromatic carbocycles. The summed E-state index contributed by atoms with van der Waals surface area (Å²) in [6.07, 6.45) is 0.702. The zero-order valence-electron chi connectivity index (χ0n) is 14.5. The van der Waals surface area contributed by atoms with Crippen LogP contribution < -0.4 is 4.74 Å². The molecule has 23 heavy (non-hydrogen) atoms. The molecule has 0 spiro atoms. The van der Waals surface area contributed by atoms with Crippen LogP contribution in [0.4, 0.5) is 0 Å². The van der Waals surface area contributed by atoms with E-state index in [2.05, 4.69) is 58.0 Å². The summed E-state index contributed by atoms with van der Waals surface area (Å²) in [6.45, 7) is 9.00. The van der Waals surface area contributed by atoms with Crippen LogP contribution in [-0.2, 0) is 0 Å². The Hall–Kier alpha value is -2.27. The molecule has 0 aliphatic rings. The van der Waals surface area contributed by atoms with Crippen molar-refractivity contribution in [2.24, 2.45) is 0 Å². The van der Waals surface area contributed by atoms with Gasteiger partial charge in [0.2, 0.25) is 0 Å². The average Bonchev–Trinajstić information content (AvgIpc) is 2.54. The van der Waals surface area contributed by atoms with Gasteiger partial charge in [-0.2, -0.15) is 5.26 Å². The highest BCUT2D eigenvalue weighted by Gasteiger charge is 2.14. The van der Waals surface area contributed by atoms with Gasteiger partial charge in [-0.05, 0) is 42.5 Å². The van der Waals surface area contributed by atoms with Gasteiger partial charge in [0.1, 0.15) is 5.75 Å². The zero-order valence-corrected chi connectivity index (χ0v) is 14.5. The summed E-state index contributed by atoms with van der Waals surface area (Å²) in [6, 6.07) is 16.9. The summed E-state index contributed by atoms with van der Waals surface area (Å²) >= 11 is 0. The lowest BCUT2D eigenvalue weighted by Crippen LogP contribution is -2.07. The molecule has 120 valence electrons. The zero-order chi connectivity index (χ0) is 16.8. The highest BCUT2D eigenvalue weighted by atomic mass is 16.5. The Morgan fingerprint density at radius 2 is 1.78 bits per heavy atom. The number of para-hydroxylation sites is 1. The van der Waals surface area contributed by atoms with Gasteiger partial charge in [0, 0.05) is 6.42 Å². The van der Waals surface area contributed by atoms with Crippen molar-refractivity contribution in [3.05, 3.63) is 64.7 Å². The average molecular weight is 307 g/mol. The molecule has 0 aliphatic heterocycles. The Labute approximate surface area is 139 Å². The molecular formula is C21H25NO. The van der Waals surface area contributed by atoms with Crippen LogP contribution in [-0.4, -0.2) is 6.61 Å². The van der Waals surface area contributed by atoms with Crippen LogP contribution in [0.1, 0.15) is 54.4 Å². The molecule has 0 bridgehead atoms. The second kappa shape index (κ2) is 7.83. The molecule has 2 rings (SSSR count). The van der Waals surface area contributed by atoms with Crippen molar-refractivity contribution < 1.29 is 4.74 Å². The molecule has 2 aromatic rings. The molecule has 1 atom stereocenters. The molecule has 2 nitrogen and oxygen atoms in total. The normalized spacial score (nSPS) is 12.0. The van der Waals surface area contributed by atoms with Gasteiger partial charge < -0.3 is 4.74 Å². The van der Waals surface area contributed by atoms with E-state index in [0.717, 1.165) is 11.3 Å². The first kappa shape index (κ1) is 17.1. The molecule has 0 saturated carbocycles. The SMILES string of the molecule is Cc1ccc(C)c(C(C#N)CCOc2ccccc2C(C)C)c1. The maximum atomic E-state index is 9.53. The second-order valence-electron chi connectivity index (χ2n) is 6.37.